The highest BCUT2D eigenvalue weighted by atomic mass is 19.1. The molecule has 2 aromatic carbocycles. The van der Waals surface area contributed by atoms with Gasteiger partial charge < -0.3 is 5.32 Å². The van der Waals surface area contributed by atoms with Crippen molar-refractivity contribution in [2.75, 3.05) is 5.32 Å². The van der Waals surface area contributed by atoms with Gasteiger partial charge in [-0.15, -0.1) is 0 Å². The first-order valence-electron chi connectivity index (χ1n) is 7.55. The van der Waals surface area contributed by atoms with Crippen LogP contribution in [-0.4, -0.2) is 20.6 Å². The lowest BCUT2D eigenvalue weighted by Crippen LogP contribution is -2.24. The number of fused-ring (bicyclic) bond motifs is 1. The molecule has 26 heavy (non-hydrogen) atoms. The zero-order chi connectivity index (χ0) is 18.8. The number of carbonyl (C=O) groups is 1. The molecule has 8 nitrogen and oxygen atoms in total. The molecule has 0 aliphatic heterocycles. The number of amides is 1. The van der Waals surface area contributed by atoms with Gasteiger partial charge in [-0.3, -0.25) is 19.7 Å². The van der Waals surface area contributed by atoms with E-state index in [1.165, 1.54) is 13.1 Å². The lowest BCUT2D eigenvalue weighted by atomic mass is 10.1. The quantitative estimate of drug-likeness (QED) is 0.569. The lowest BCUT2D eigenvalue weighted by molar-refractivity contribution is -0.387. The Hall–Kier alpha value is -3.62. The summed E-state index contributed by atoms with van der Waals surface area (Å²) < 4.78 is 14.5. The normalized spacial score (nSPS) is 10.7. The van der Waals surface area contributed by atoms with Crippen molar-refractivity contribution in [3.63, 3.8) is 0 Å². The van der Waals surface area contributed by atoms with Crippen molar-refractivity contribution in [3.8, 4) is 0 Å². The van der Waals surface area contributed by atoms with E-state index in [-0.39, 0.29) is 17.7 Å². The van der Waals surface area contributed by atoms with Gasteiger partial charge in [0.25, 0.3) is 5.56 Å². The number of carbonyl (C=O) groups excluding carboxylic acids is 1. The molecule has 1 amide bonds. The van der Waals surface area contributed by atoms with Gasteiger partial charge in [0, 0.05) is 24.2 Å². The second kappa shape index (κ2) is 6.71. The number of aromatic nitrogens is 2. The number of halogens is 1. The number of aryl methyl sites for hydroxylation is 1. The minimum absolute atomic E-state index is 0.0947. The topological polar surface area (TPSA) is 107 Å². The third-order valence-electron chi connectivity index (χ3n) is 3.79. The summed E-state index contributed by atoms with van der Waals surface area (Å²) in [6.45, 7) is 0. The Morgan fingerprint density at radius 2 is 1.96 bits per heavy atom. The summed E-state index contributed by atoms with van der Waals surface area (Å²) >= 11 is 0. The van der Waals surface area contributed by atoms with Crippen LogP contribution < -0.4 is 10.9 Å². The lowest BCUT2D eigenvalue weighted by Gasteiger charge is -2.09. The zero-order valence-corrected chi connectivity index (χ0v) is 13.6. The van der Waals surface area contributed by atoms with E-state index in [0.29, 0.717) is 16.5 Å². The van der Waals surface area contributed by atoms with Gasteiger partial charge in [-0.1, -0.05) is 18.2 Å². The fourth-order valence-corrected chi connectivity index (χ4v) is 2.59. The second-order valence-electron chi connectivity index (χ2n) is 5.57. The molecule has 0 spiro atoms. The number of nitro benzene ring substituents is 1. The number of nitrogens with zero attached hydrogens (tertiary/aromatic N) is 3. The Morgan fingerprint density at radius 1 is 1.27 bits per heavy atom. The smallest absolute Gasteiger partial charge is 0.306 e. The average molecular weight is 356 g/mol. The summed E-state index contributed by atoms with van der Waals surface area (Å²) in [5.41, 5.74) is -0.526. The number of hydrogen-bond donors (Lipinski definition) is 1. The molecule has 1 N–H and O–H groups in total. The Balaban J connectivity index is 1.89. The monoisotopic (exact) mass is 356 g/mol. The fourth-order valence-electron chi connectivity index (χ4n) is 2.59. The molecule has 9 heteroatoms. The van der Waals surface area contributed by atoms with E-state index in [9.17, 15) is 24.1 Å². The van der Waals surface area contributed by atoms with Crippen LogP contribution in [0.5, 0.6) is 0 Å². The van der Waals surface area contributed by atoms with Crippen LogP contribution >= 0.6 is 0 Å². The highest BCUT2D eigenvalue weighted by Gasteiger charge is 2.17. The summed E-state index contributed by atoms with van der Waals surface area (Å²) in [5, 5.41) is 18.4. The third-order valence-corrected chi connectivity index (χ3v) is 3.79. The number of benzene rings is 2. The van der Waals surface area contributed by atoms with Crippen molar-refractivity contribution in [1.29, 1.82) is 0 Å². The first-order valence-corrected chi connectivity index (χ1v) is 7.55. The van der Waals surface area contributed by atoms with E-state index in [2.05, 4.69) is 10.4 Å². The minimum atomic E-state index is -0.987. The van der Waals surface area contributed by atoms with Gasteiger partial charge in [-0.25, -0.2) is 4.68 Å². The molecule has 1 aromatic heterocycles. The molecular formula is C17H13FN4O4. The molecular weight excluding hydrogens is 343 g/mol. The van der Waals surface area contributed by atoms with Crippen molar-refractivity contribution < 1.29 is 14.1 Å². The Bertz CT molecular complexity index is 1090. The summed E-state index contributed by atoms with van der Waals surface area (Å²) in [4.78, 5) is 34.3. The number of nitrogens with one attached hydrogen (secondary N) is 1. The highest BCUT2D eigenvalue weighted by molar-refractivity contribution is 5.95. The van der Waals surface area contributed by atoms with Crippen LogP contribution in [0.3, 0.4) is 0 Å². The highest BCUT2D eigenvalue weighted by Crippen LogP contribution is 2.22. The maximum Gasteiger partial charge on any atom is 0.306 e. The Labute approximate surface area is 146 Å². The molecule has 1 heterocycles. The van der Waals surface area contributed by atoms with Crippen molar-refractivity contribution in [1.82, 2.24) is 9.78 Å². The van der Waals surface area contributed by atoms with Gasteiger partial charge in [-0.05, 0) is 18.2 Å². The van der Waals surface area contributed by atoms with Gasteiger partial charge in [0.15, 0.2) is 0 Å². The van der Waals surface area contributed by atoms with Crippen LogP contribution in [0.25, 0.3) is 10.8 Å². The summed E-state index contributed by atoms with van der Waals surface area (Å²) in [6.07, 6.45) is -0.153. The van der Waals surface area contributed by atoms with E-state index in [1.54, 1.807) is 24.3 Å². The van der Waals surface area contributed by atoms with Gasteiger partial charge in [-0.2, -0.15) is 9.49 Å². The van der Waals surface area contributed by atoms with Crippen LogP contribution in [0.4, 0.5) is 15.8 Å². The molecule has 0 radical (unpaired) electrons. The van der Waals surface area contributed by atoms with Gasteiger partial charge in [0.1, 0.15) is 0 Å². The summed E-state index contributed by atoms with van der Waals surface area (Å²) in [6, 6.07) is 9.86. The molecule has 0 fully saturated rings. The first-order chi connectivity index (χ1) is 12.4. The van der Waals surface area contributed by atoms with Crippen molar-refractivity contribution >= 4 is 28.1 Å². The predicted octanol–water partition coefficient (Wildman–Crippen LogP) is 2.16. The van der Waals surface area contributed by atoms with Gasteiger partial charge >= 0.3 is 5.69 Å². The van der Waals surface area contributed by atoms with E-state index in [4.69, 9.17) is 0 Å². The van der Waals surface area contributed by atoms with Crippen LogP contribution in [0.2, 0.25) is 0 Å². The predicted molar refractivity (Wildman–Crippen MR) is 92.4 cm³/mol. The van der Waals surface area contributed by atoms with Crippen LogP contribution in [0.15, 0.2) is 47.3 Å². The summed E-state index contributed by atoms with van der Waals surface area (Å²) in [7, 11) is 1.49. The van der Waals surface area contributed by atoms with Gasteiger partial charge in [0.05, 0.1) is 22.4 Å². The molecule has 0 saturated heterocycles. The number of hydrogen-bond acceptors (Lipinski definition) is 5. The number of rotatable bonds is 4. The van der Waals surface area contributed by atoms with E-state index in [1.807, 2.05) is 0 Å². The number of nitro groups is 1. The largest absolute Gasteiger partial charge is 0.325 e. The maximum atomic E-state index is 13.4. The molecule has 0 bridgehead atoms. The molecule has 0 atom stereocenters. The van der Waals surface area contributed by atoms with Crippen LogP contribution in [0, 0.1) is 15.9 Å². The number of anilines is 1. The third kappa shape index (κ3) is 3.27. The maximum absolute atomic E-state index is 13.4. The van der Waals surface area contributed by atoms with Crippen molar-refractivity contribution in [3.05, 3.63) is 74.4 Å². The minimum Gasteiger partial charge on any atom is -0.325 e. The molecule has 132 valence electrons. The van der Waals surface area contributed by atoms with Crippen LogP contribution in [0.1, 0.15) is 5.69 Å². The first kappa shape index (κ1) is 17.2. The SMILES string of the molecule is Cn1nc(CC(=O)Nc2ccc(F)c([N+](=O)[O-])c2)c2ccccc2c1=O. The second-order valence-corrected chi connectivity index (χ2v) is 5.57. The van der Waals surface area contributed by atoms with Crippen LogP contribution in [-0.2, 0) is 18.3 Å². The van der Waals surface area contributed by atoms with Crippen molar-refractivity contribution in [2.24, 2.45) is 7.05 Å². The molecule has 3 rings (SSSR count). The van der Waals surface area contributed by atoms with E-state index >= 15 is 0 Å². The van der Waals surface area contributed by atoms with Gasteiger partial charge in [0.2, 0.25) is 11.7 Å². The molecule has 0 aliphatic rings. The molecule has 3 aromatic rings. The van der Waals surface area contributed by atoms with E-state index < -0.39 is 22.3 Å². The zero-order valence-electron chi connectivity index (χ0n) is 13.6. The summed E-state index contributed by atoms with van der Waals surface area (Å²) in [5.74, 6) is -1.49. The van der Waals surface area contributed by atoms with E-state index in [0.717, 1.165) is 16.8 Å². The van der Waals surface area contributed by atoms with Crippen molar-refractivity contribution in [2.45, 2.75) is 6.42 Å². The standard InChI is InChI=1S/C17H13FN4O4/c1-21-17(24)12-5-3-2-4-11(12)14(20-21)9-16(23)19-10-6-7-13(18)15(8-10)22(25)26/h2-8H,9H2,1H3,(H,19,23). The Morgan fingerprint density at radius 3 is 2.65 bits per heavy atom. The molecule has 0 saturated carbocycles. The average Bonchev–Trinajstić information content (AvgIpc) is 2.61. The molecule has 0 aliphatic carbocycles. The fraction of sp³-hybridized carbons (Fsp3) is 0.118. The Kier molecular flexibility index (Phi) is 4.44. The molecule has 0 unspecified atom stereocenters.